The summed E-state index contributed by atoms with van der Waals surface area (Å²) in [6, 6.07) is 7.39. The van der Waals surface area contributed by atoms with Crippen molar-refractivity contribution in [1.29, 1.82) is 0 Å². The summed E-state index contributed by atoms with van der Waals surface area (Å²) < 4.78 is 0. The highest BCUT2D eigenvalue weighted by molar-refractivity contribution is 5.37. The Bertz CT molecular complexity index is 443. The van der Waals surface area contributed by atoms with Crippen LogP contribution in [0.3, 0.4) is 0 Å². The zero-order chi connectivity index (χ0) is 13.2. The van der Waals surface area contributed by atoms with Crippen LogP contribution in [0.15, 0.2) is 18.2 Å². The Balaban J connectivity index is 1.59. The zero-order valence-corrected chi connectivity index (χ0v) is 11.9. The second-order valence-electron chi connectivity index (χ2n) is 6.39. The van der Waals surface area contributed by atoms with Gasteiger partial charge in [-0.25, -0.2) is 0 Å². The van der Waals surface area contributed by atoms with Crippen molar-refractivity contribution in [2.75, 3.05) is 6.54 Å². The van der Waals surface area contributed by atoms with E-state index in [-0.39, 0.29) is 6.10 Å². The Morgan fingerprint density at radius 2 is 2.16 bits per heavy atom. The van der Waals surface area contributed by atoms with Gasteiger partial charge in [-0.2, -0.15) is 0 Å². The van der Waals surface area contributed by atoms with E-state index in [0.29, 0.717) is 12.0 Å². The van der Waals surface area contributed by atoms with E-state index in [1.54, 1.807) is 0 Å². The predicted octanol–water partition coefficient (Wildman–Crippen LogP) is 3.12. The van der Waals surface area contributed by atoms with Gasteiger partial charge in [-0.1, -0.05) is 30.2 Å². The molecule has 104 valence electrons. The van der Waals surface area contributed by atoms with Crippen LogP contribution < -0.4 is 5.32 Å². The van der Waals surface area contributed by atoms with Crippen molar-refractivity contribution in [2.45, 2.75) is 57.6 Å². The molecule has 2 aliphatic carbocycles. The number of rotatable bonds is 3. The maximum Gasteiger partial charge on any atom is 0.0543 e. The van der Waals surface area contributed by atoms with Gasteiger partial charge in [-0.15, -0.1) is 0 Å². The van der Waals surface area contributed by atoms with E-state index in [4.69, 9.17) is 0 Å². The molecule has 0 spiro atoms. The topological polar surface area (TPSA) is 32.3 Å². The Morgan fingerprint density at radius 3 is 3.00 bits per heavy atom. The number of hydrogen-bond acceptors (Lipinski definition) is 2. The fourth-order valence-electron chi connectivity index (χ4n) is 3.69. The monoisotopic (exact) mass is 259 g/mol. The molecular formula is C17H25NO. The van der Waals surface area contributed by atoms with Crippen LogP contribution in [0.25, 0.3) is 0 Å². The highest BCUT2D eigenvalue weighted by Crippen LogP contribution is 2.32. The molecule has 2 aliphatic rings. The summed E-state index contributed by atoms with van der Waals surface area (Å²) in [7, 11) is 0. The summed E-state index contributed by atoms with van der Waals surface area (Å²) in [6.45, 7) is 3.24. The summed E-state index contributed by atoms with van der Waals surface area (Å²) in [6.07, 6.45) is 6.83. The molecule has 19 heavy (non-hydrogen) atoms. The summed E-state index contributed by atoms with van der Waals surface area (Å²) in [5, 5.41) is 13.5. The molecule has 0 radical (unpaired) electrons. The first-order chi connectivity index (χ1) is 9.22. The molecule has 0 heterocycles. The molecule has 0 amide bonds. The minimum Gasteiger partial charge on any atom is -0.393 e. The molecular weight excluding hydrogens is 234 g/mol. The number of aryl methyl sites for hydroxylation is 2. The van der Waals surface area contributed by atoms with Crippen molar-refractivity contribution in [3.05, 3.63) is 34.9 Å². The minimum absolute atomic E-state index is 0.0568. The molecule has 3 rings (SSSR count). The molecule has 3 atom stereocenters. The van der Waals surface area contributed by atoms with Crippen LogP contribution in [0.2, 0.25) is 0 Å². The fraction of sp³-hybridized carbons (Fsp3) is 0.647. The Labute approximate surface area is 116 Å². The molecule has 1 fully saturated rings. The number of aliphatic hydroxyl groups excluding tert-OH is 1. The maximum atomic E-state index is 9.74. The normalized spacial score (nSPS) is 30.3. The Hall–Kier alpha value is -0.860. The molecule has 2 nitrogen and oxygen atoms in total. The van der Waals surface area contributed by atoms with Crippen LogP contribution in [0.1, 0.15) is 54.8 Å². The van der Waals surface area contributed by atoms with E-state index in [1.807, 2.05) is 0 Å². The summed E-state index contributed by atoms with van der Waals surface area (Å²) in [5.41, 5.74) is 4.39. The van der Waals surface area contributed by atoms with Crippen molar-refractivity contribution < 1.29 is 5.11 Å². The third-order valence-electron chi connectivity index (χ3n) is 4.79. The summed E-state index contributed by atoms with van der Waals surface area (Å²) >= 11 is 0. The number of benzene rings is 1. The molecule has 1 saturated carbocycles. The van der Waals surface area contributed by atoms with Crippen LogP contribution in [-0.4, -0.2) is 17.8 Å². The zero-order valence-electron chi connectivity index (χ0n) is 11.9. The van der Waals surface area contributed by atoms with Gasteiger partial charge in [0.25, 0.3) is 0 Å². The van der Waals surface area contributed by atoms with E-state index in [9.17, 15) is 5.11 Å². The van der Waals surface area contributed by atoms with Crippen molar-refractivity contribution in [3.8, 4) is 0 Å². The SMILES string of the molecule is Cc1ccc2c(c1)C(NCC1CCCC(O)C1)CC2. The number of aliphatic hydroxyl groups is 1. The van der Waals surface area contributed by atoms with Crippen molar-refractivity contribution >= 4 is 0 Å². The molecule has 2 heteroatoms. The van der Waals surface area contributed by atoms with Crippen molar-refractivity contribution in [2.24, 2.45) is 5.92 Å². The molecule has 0 aromatic heterocycles. The average Bonchev–Trinajstić information content (AvgIpc) is 2.79. The first kappa shape index (κ1) is 13.1. The molecule has 0 saturated heterocycles. The van der Waals surface area contributed by atoms with Crippen molar-refractivity contribution in [1.82, 2.24) is 5.32 Å². The second-order valence-corrected chi connectivity index (χ2v) is 6.39. The Morgan fingerprint density at radius 1 is 1.26 bits per heavy atom. The fourth-order valence-corrected chi connectivity index (χ4v) is 3.69. The number of fused-ring (bicyclic) bond motifs is 1. The lowest BCUT2D eigenvalue weighted by Crippen LogP contribution is -2.31. The quantitative estimate of drug-likeness (QED) is 0.874. The lowest BCUT2D eigenvalue weighted by molar-refractivity contribution is 0.0996. The van der Waals surface area contributed by atoms with E-state index in [1.165, 1.54) is 42.4 Å². The standard InChI is InChI=1S/C17H25NO/c1-12-5-6-14-7-8-17(16(14)9-12)18-11-13-3-2-4-15(19)10-13/h5-6,9,13,15,17-19H,2-4,7-8,10-11H2,1H3. The predicted molar refractivity (Wildman–Crippen MR) is 78.2 cm³/mol. The van der Waals surface area contributed by atoms with Crippen LogP contribution in [0.4, 0.5) is 0 Å². The van der Waals surface area contributed by atoms with Gasteiger partial charge in [0.1, 0.15) is 0 Å². The van der Waals surface area contributed by atoms with E-state index < -0.39 is 0 Å². The molecule has 0 bridgehead atoms. The van der Waals surface area contributed by atoms with Gasteiger partial charge in [-0.3, -0.25) is 0 Å². The summed E-state index contributed by atoms with van der Waals surface area (Å²) in [4.78, 5) is 0. The molecule has 3 unspecified atom stereocenters. The first-order valence-electron chi connectivity index (χ1n) is 7.73. The molecule has 0 aliphatic heterocycles. The van der Waals surface area contributed by atoms with Gasteiger partial charge >= 0.3 is 0 Å². The molecule has 2 N–H and O–H groups in total. The molecule has 1 aromatic carbocycles. The highest BCUT2D eigenvalue weighted by atomic mass is 16.3. The van der Waals surface area contributed by atoms with E-state index >= 15 is 0 Å². The van der Waals surface area contributed by atoms with Gasteiger partial charge in [0.15, 0.2) is 0 Å². The van der Waals surface area contributed by atoms with Crippen LogP contribution >= 0.6 is 0 Å². The minimum atomic E-state index is -0.0568. The highest BCUT2D eigenvalue weighted by Gasteiger charge is 2.25. The average molecular weight is 259 g/mol. The van der Waals surface area contributed by atoms with Gasteiger partial charge in [0, 0.05) is 6.04 Å². The van der Waals surface area contributed by atoms with E-state index in [2.05, 4.69) is 30.4 Å². The van der Waals surface area contributed by atoms with Gasteiger partial charge in [-0.05, 0) is 62.6 Å². The maximum absolute atomic E-state index is 9.74. The second kappa shape index (κ2) is 5.64. The third-order valence-corrected chi connectivity index (χ3v) is 4.79. The van der Waals surface area contributed by atoms with Crippen molar-refractivity contribution in [3.63, 3.8) is 0 Å². The lowest BCUT2D eigenvalue weighted by Gasteiger charge is -2.27. The van der Waals surface area contributed by atoms with Crippen LogP contribution in [-0.2, 0) is 6.42 Å². The smallest absolute Gasteiger partial charge is 0.0543 e. The van der Waals surface area contributed by atoms with Gasteiger partial charge < -0.3 is 10.4 Å². The lowest BCUT2D eigenvalue weighted by atomic mass is 9.87. The summed E-state index contributed by atoms with van der Waals surface area (Å²) in [5.74, 6) is 0.664. The van der Waals surface area contributed by atoms with Crippen LogP contribution in [0.5, 0.6) is 0 Å². The Kier molecular flexibility index (Phi) is 3.90. The molecule has 1 aromatic rings. The number of hydrogen-bond donors (Lipinski definition) is 2. The van der Waals surface area contributed by atoms with E-state index in [0.717, 1.165) is 19.4 Å². The number of nitrogens with one attached hydrogen (secondary N) is 1. The third kappa shape index (κ3) is 3.01. The first-order valence-corrected chi connectivity index (χ1v) is 7.73. The van der Waals surface area contributed by atoms with Gasteiger partial charge in [0.05, 0.1) is 6.10 Å². The van der Waals surface area contributed by atoms with Crippen LogP contribution in [0, 0.1) is 12.8 Å². The largest absolute Gasteiger partial charge is 0.393 e. The van der Waals surface area contributed by atoms with Gasteiger partial charge in [0.2, 0.25) is 0 Å².